The third kappa shape index (κ3) is 5.75. The number of hydrogen-bond acceptors (Lipinski definition) is 7. The molecular weight excluding hydrogens is 424 g/mol. The summed E-state index contributed by atoms with van der Waals surface area (Å²) >= 11 is 6.39. The highest BCUT2D eigenvalue weighted by Gasteiger charge is 2.44. The van der Waals surface area contributed by atoms with Crippen LogP contribution in [0.1, 0.15) is 36.6 Å². The number of rotatable bonds is 7. The second-order valence-electron chi connectivity index (χ2n) is 7.47. The number of benzene rings is 2. The molecule has 3 N–H and O–H groups in total. The van der Waals surface area contributed by atoms with E-state index in [2.05, 4.69) is 0 Å². The Bertz CT molecular complexity index is 886. The van der Waals surface area contributed by atoms with Gasteiger partial charge in [-0.2, -0.15) is 0 Å². The first-order valence-electron chi connectivity index (χ1n) is 10.1. The minimum absolute atomic E-state index is 0.233. The van der Waals surface area contributed by atoms with Gasteiger partial charge in [0, 0.05) is 11.9 Å². The first-order valence-corrected chi connectivity index (χ1v) is 10.5. The van der Waals surface area contributed by atoms with Gasteiger partial charge in [0.1, 0.15) is 42.9 Å². The Morgan fingerprint density at radius 2 is 1.77 bits per heavy atom. The van der Waals surface area contributed by atoms with Crippen molar-refractivity contribution in [3.63, 3.8) is 0 Å². The molecule has 1 aliphatic rings. The minimum Gasteiger partial charge on any atom is -0.494 e. The monoisotopic (exact) mass is 450 g/mol. The molecule has 0 radical (unpaired) electrons. The number of aliphatic hydroxyl groups is 3. The van der Waals surface area contributed by atoms with Gasteiger partial charge in [-0.1, -0.05) is 35.9 Å². The van der Waals surface area contributed by atoms with Gasteiger partial charge >= 0.3 is 5.97 Å². The fourth-order valence-electron chi connectivity index (χ4n) is 3.56. The molecule has 0 saturated carbocycles. The van der Waals surface area contributed by atoms with Crippen molar-refractivity contribution in [2.45, 2.75) is 50.8 Å². The van der Waals surface area contributed by atoms with Crippen LogP contribution in [0, 0.1) is 0 Å². The van der Waals surface area contributed by atoms with Gasteiger partial charge in [0.25, 0.3) is 0 Å². The summed E-state index contributed by atoms with van der Waals surface area (Å²) < 4.78 is 16.2. The fourth-order valence-corrected chi connectivity index (χ4v) is 3.75. The van der Waals surface area contributed by atoms with Gasteiger partial charge in [-0.25, -0.2) is 0 Å². The van der Waals surface area contributed by atoms with Crippen molar-refractivity contribution in [3.8, 4) is 5.75 Å². The number of halogens is 1. The molecule has 1 fully saturated rings. The van der Waals surface area contributed by atoms with Crippen LogP contribution in [0.25, 0.3) is 0 Å². The third-order valence-corrected chi connectivity index (χ3v) is 5.56. The highest BCUT2D eigenvalue weighted by molar-refractivity contribution is 6.31. The van der Waals surface area contributed by atoms with Gasteiger partial charge in [-0.05, 0) is 48.2 Å². The van der Waals surface area contributed by atoms with Crippen molar-refractivity contribution < 1.29 is 34.3 Å². The first-order chi connectivity index (χ1) is 14.8. The average Bonchev–Trinajstić information content (AvgIpc) is 2.75. The number of aliphatic hydroxyl groups excluding tert-OH is 3. The van der Waals surface area contributed by atoms with Gasteiger partial charge in [0.15, 0.2) is 0 Å². The normalized spacial score (nSPS) is 25.8. The van der Waals surface area contributed by atoms with Gasteiger partial charge in [0.05, 0.1) is 6.61 Å². The van der Waals surface area contributed by atoms with E-state index in [9.17, 15) is 20.1 Å². The summed E-state index contributed by atoms with van der Waals surface area (Å²) in [6, 6.07) is 12.9. The van der Waals surface area contributed by atoms with Crippen LogP contribution in [-0.2, 0) is 20.7 Å². The molecule has 168 valence electrons. The molecule has 0 spiro atoms. The zero-order valence-electron chi connectivity index (χ0n) is 17.4. The SMILES string of the molecule is CCOc1ccc(Cc2cc([C@@H]3O[C@H](COC(C)=O)[C@@H](O)[C@H](O)[C@H]3O)ccc2Cl)cc1. The zero-order chi connectivity index (χ0) is 22.5. The van der Waals surface area contributed by atoms with Crippen LogP contribution in [-0.4, -0.2) is 58.9 Å². The average molecular weight is 451 g/mol. The zero-order valence-corrected chi connectivity index (χ0v) is 18.2. The summed E-state index contributed by atoms with van der Waals surface area (Å²) in [7, 11) is 0. The van der Waals surface area contributed by atoms with Crippen molar-refractivity contribution in [1.29, 1.82) is 0 Å². The van der Waals surface area contributed by atoms with Gasteiger partial charge < -0.3 is 29.5 Å². The molecule has 0 unspecified atom stereocenters. The molecule has 5 atom stereocenters. The number of hydrogen-bond donors (Lipinski definition) is 3. The van der Waals surface area contributed by atoms with Crippen molar-refractivity contribution in [3.05, 3.63) is 64.2 Å². The molecule has 31 heavy (non-hydrogen) atoms. The molecule has 0 bridgehead atoms. The Hall–Kier alpha value is -2.16. The molecule has 8 heteroatoms. The standard InChI is InChI=1S/C23H27ClO7/c1-3-29-17-7-4-14(5-8-17)10-16-11-15(6-9-18(16)24)23-22(28)21(27)20(26)19(31-23)12-30-13(2)25/h4-9,11,19-23,26-28H,3,10,12H2,1-2H3/t19-,20-,21+,22-,23+/m1/s1. The maximum absolute atomic E-state index is 11.1. The number of carbonyl (C=O) groups is 1. The van der Waals surface area contributed by atoms with E-state index in [-0.39, 0.29) is 6.61 Å². The minimum atomic E-state index is -1.45. The smallest absolute Gasteiger partial charge is 0.302 e. The van der Waals surface area contributed by atoms with Crippen LogP contribution in [0.15, 0.2) is 42.5 Å². The van der Waals surface area contributed by atoms with E-state index in [1.807, 2.05) is 31.2 Å². The van der Waals surface area contributed by atoms with Crippen LogP contribution < -0.4 is 4.74 Å². The number of carbonyl (C=O) groups excluding carboxylic acids is 1. The highest BCUT2D eigenvalue weighted by atomic mass is 35.5. The van der Waals surface area contributed by atoms with Crippen LogP contribution in [0.5, 0.6) is 5.75 Å². The molecule has 2 aromatic rings. The van der Waals surface area contributed by atoms with Crippen molar-refractivity contribution >= 4 is 17.6 Å². The Morgan fingerprint density at radius 1 is 1.06 bits per heavy atom. The summed E-state index contributed by atoms with van der Waals surface area (Å²) in [6.45, 7) is 3.53. The van der Waals surface area contributed by atoms with Crippen LogP contribution in [0.4, 0.5) is 0 Å². The lowest BCUT2D eigenvalue weighted by molar-refractivity contribution is -0.234. The second kappa shape index (κ2) is 10.4. The van der Waals surface area contributed by atoms with Crippen molar-refractivity contribution in [2.75, 3.05) is 13.2 Å². The van der Waals surface area contributed by atoms with Crippen LogP contribution in [0.3, 0.4) is 0 Å². The lowest BCUT2D eigenvalue weighted by Crippen LogP contribution is -2.55. The Morgan fingerprint density at radius 3 is 2.42 bits per heavy atom. The Labute approximate surface area is 186 Å². The van der Waals surface area contributed by atoms with Gasteiger partial charge in [0.2, 0.25) is 0 Å². The molecule has 1 saturated heterocycles. The Kier molecular flexibility index (Phi) is 7.91. The molecular formula is C23H27ClO7. The molecule has 1 heterocycles. The van der Waals surface area contributed by atoms with E-state index in [4.69, 9.17) is 25.8 Å². The summed E-state index contributed by atoms with van der Waals surface area (Å²) in [4.78, 5) is 11.1. The summed E-state index contributed by atoms with van der Waals surface area (Å²) in [5.74, 6) is 0.258. The first kappa shape index (κ1) is 23.5. The molecule has 2 aromatic carbocycles. The highest BCUT2D eigenvalue weighted by Crippen LogP contribution is 2.34. The molecule has 1 aliphatic heterocycles. The van der Waals surface area contributed by atoms with E-state index in [0.717, 1.165) is 16.9 Å². The lowest BCUT2D eigenvalue weighted by atomic mass is 9.90. The summed E-state index contributed by atoms with van der Waals surface area (Å²) in [5.41, 5.74) is 2.43. The van der Waals surface area contributed by atoms with Crippen LogP contribution in [0.2, 0.25) is 5.02 Å². The Balaban J connectivity index is 1.80. The van der Waals surface area contributed by atoms with E-state index in [1.165, 1.54) is 6.92 Å². The number of esters is 1. The van der Waals surface area contributed by atoms with E-state index < -0.39 is 36.5 Å². The van der Waals surface area contributed by atoms with Crippen molar-refractivity contribution in [2.24, 2.45) is 0 Å². The second-order valence-corrected chi connectivity index (χ2v) is 7.88. The molecule has 3 rings (SSSR count). The van der Waals surface area contributed by atoms with Gasteiger partial charge in [-0.3, -0.25) is 4.79 Å². The third-order valence-electron chi connectivity index (χ3n) is 5.19. The summed E-state index contributed by atoms with van der Waals surface area (Å²) in [6.07, 6.45) is -5.55. The number of ether oxygens (including phenoxy) is 3. The fraction of sp³-hybridized carbons (Fsp3) is 0.435. The van der Waals surface area contributed by atoms with Gasteiger partial charge in [-0.15, -0.1) is 0 Å². The van der Waals surface area contributed by atoms with E-state index in [1.54, 1.807) is 18.2 Å². The molecule has 0 aromatic heterocycles. The predicted molar refractivity (Wildman–Crippen MR) is 114 cm³/mol. The molecule has 0 aliphatic carbocycles. The van der Waals surface area contributed by atoms with Crippen LogP contribution >= 0.6 is 11.6 Å². The van der Waals surface area contributed by atoms with E-state index >= 15 is 0 Å². The largest absolute Gasteiger partial charge is 0.494 e. The predicted octanol–water partition coefficient (Wildman–Crippen LogP) is 2.42. The van der Waals surface area contributed by atoms with Crippen molar-refractivity contribution in [1.82, 2.24) is 0 Å². The molecule has 7 nitrogen and oxygen atoms in total. The lowest BCUT2D eigenvalue weighted by Gasteiger charge is -2.40. The summed E-state index contributed by atoms with van der Waals surface area (Å²) in [5, 5.41) is 31.5. The maximum atomic E-state index is 11.1. The topological polar surface area (TPSA) is 105 Å². The van der Waals surface area contributed by atoms with E-state index in [0.29, 0.717) is 23.6 Å². The maximum Gasteiger partial charge on any atom is 0.302 e. The molecule has 0 amide bonds. The quantitative estimate of drug-likeness (QED) is 0.556.